The molecule has 0 radical (unpaired) electrons. The fourth-order valence-electron chi connectivity index (χ4n) is 2.38. The van der Waals surface area contributed by atoms with Crippen molar-refractivity contribution in [3.8, 4) is 0 Å². The minimum absolute atomic E-state index is 0.0922. The fraction of sp³-hybridized carbons (Fsp3) is 0.533. The highest BCUT2D eigenvalue weighted by Gasteiger charge is 2.10. The Balaban J connectivity index is 1.66. The number of halogens is 2. The van der Waals surface area contributed by atoms with Gasteiger partial charge in [0.25, 0.3) is 0 Å². The van der Waals surface area contributed by atoms with Crippen LogP contribution in [0.25, 0.3) is 0 Å². The summed E-state index contributed by atoms with van der Waals surface area (Å²) in [6.45, 7) is 5.57. The maximum absolute atomic E-state index is 13.4. The molecule has 4 nitrogen and oxygen atoms in total. The van der Waals surface area contributed by atoms with Crippen LogP contribution >= 0.6 is 0 Å². The predicted octanol–water partition coefficient (Wildman–Crippen LogP) is 0.919. The van der Waals surface area contributed by atoms with Gasteiger partial charge in [0.05, 0.1) is 6.42 Å². The Morgan fingerprint density at radius 1 is 1.29 bits per heavy atom. The van der Waals surface area contributed by atoms with Gasteiger partial charge in [-0.05, 0) is 31.2 Å². The molecule has 1 aliphatic rings. The summed E-state index contributed by atoms with van der Waals surface area (Å²) in [6, 6.07) is 3.15. The lowest BCUT2D eigenvalue weighted by Crippen LogP contribution is -2.44. The molecule has 1 aromatic carbocycles. The fourth-order valence-corrected chi connectivity index (χ4v) is 2.38. The van der Waals surface area contributed by atoms with E-state index < -0.39 is 11.6 Å². The summed E-state index contributed by atoms with van der Waals surface area (Å²) in [4.78, 5) is 14.0. The summed E-state index contributed by atoms with van der Waals surface area (Å²) in [5.74, 6) is -1.36. The molecule has 2 rings (SSSR count). The van der Waals surface area contributed by atoms with Crippen LogP contribution in [0.1, 0.15) is 12.0 Å². The summed E-state index contributed by atoms with van der Waals surface area (Å²) >= 11 is 0. The average Bonchev–Trinajstić information content (AvgIpc) is 2.48. The molecule has 0 bridgehead atoms. The molecule has 0 saturated carbocycles. The van der Waals surface area contributed by atoms with Gasteiger partial charge in [0.2, 0.25) is 5.91 Å². The summed E-state index contributed by atoms with van der Waals surface area (Å²) in [7, 11) is 0. The first-order valence-electron chi connectivity index (χ1n) is 7.29. The van der Waals surface area contributed by atoms with Crippen LogP contribution in [0.5, 0.6) is 0 Å². The Labute approximate surface area is 123 Å². The van der Waals surface area contributed by atoms with E-state index in [1.54, 1.807) is 0 Å². The van der Waals surface area contributed by atoms with Crippen LogP contribution in [0.3, 0.4) is 0 Å². The average molecular weight is 297 g/mol. The van der Waals surface area contributed by atoms with E-state index in [4.69, 9.17) is 0 Å². The standard InChI is InChI=1S/C15H21F2N3O/c16-13-2-3-14(17)12(10-13)11-15(21)19-4-1-7-20-8-5-18-6-9-20/h2-3,10,18H,1,4-9,11H2,(H,19,21). The first kappa shape index (κ1) is 15.9. The third-order valence-electron chi connectivity index (χ3n) is 3.54. The number of piperazine rings is 1. The van der Waals surface area contributed by atoms with E-state index >= 15 is 0 Å². The number of benzene rings is 1. The molecule has 2 N–H and O–H groups in total. The quantitative estimate of drug-likeness (QED) is 0.768. The van der Waals surface area contributed by atoms with Gasteiger partial charge in [0, 0.05) is 38.3 Å². The number of hydrogen-bond donors (Lipinski definition) is 2. The zero-order chi connectivity index (χ0) is 15.1. The lowest BCUT2D eigenvalue weighted by atomic mass is 10.1. The number of carbonyl (C=O) groups excluding carboxylic acids is 1. The number of hydrogen-bond acceptors (Lipinski definition) is 3. The Bertz CT molecular complexity index is 476. The van der Waals surface area contributed by atoms with E-state index in [0.717, 1.165) is 57.3 Å². The Morgan fingerprint density at radius 2 is 2.05 bits per heavy atom. The molecule has 6 heteroatoms. The number of nitrogens with one attached hydrogen (secondary N) is 2. The maximum atomic E-state index is 13.4. The maximum Gasteiger partial charge on any atom is 0.224 e. The Morgan fingerprint density at radius 3 is 2.81 bits per heavy atom. The second kappa shape index (κ2) is 8.05. The molecule has 1 amide bonds. The van der Waals surface area contributed by atoms with Gasteiger partial charge >= 0.3 is 0 Å². The monoisotopic (exact) mass is 297 g/mol. The molecule has 116 valence electrons. The van der Waals surface area contributed by atoms with Crippen molar-refractivity contribution in [2.24, 2.45) is 0 Å². The first-order valence-corrected chi connectivity index (χ1v) is 7.29. The molecule has 1 saturated heterocycles. The molecule has 0 aromatic heterocycles. The molecule has 21 heavy (non-hydrogen) atoms. The van der Waals surface area contributed by atoms with Crippen molar-refractivity contribution in [1.82, 2.24) is 15.5 Å². The largest absolute Gasteiger partial charge is 0.356 e. The first-order chi connectivity index (χ1) is 10.1. The zero-order valence-corrected chi connectivity index (χ0v) is 12.0. The summed E-state index contributed by atoms with van der Waals surface area (Å²) in [6.07, 6.45) is 0.731. The van der Waals surface area contributed by atoms with Crippen molar-refractivity contribution < 1.29 is 13.6 Å². The van der Waals surface area contributed by atoms with E-state index in [2.05, 4.69) is 15.5 Å². The van der Waals surface area contributed by atoms with Gasteiger partial charge in [0.15, 0.2) is 0 Å². The molecule has 1 aromatic rings. The van der Waals surface area contributed by atoms with Crippen molar-refractivity contribution in [1.29, 1.82) is 0 Å². The second-order valence-corrected chi connectivity index (χ2v) is 5.21. The van der Waals surface area contributed by atoms with E-state index in [1.165, 1.54) is 0 Å². The highest BCUT2D eigenvalue weighted by atomic mass is 19.1. The van der Waals surface area contributed by atoms with Crippen LogP contribution in [-0.4, -0.2) is 50.1 Å². The molecule has 1 heterocycles. The number of carbonyl (C=O) groups is 1. The molecule has 0 spiro atoms. The molecule has 0 atom stereocenters. The third-order valence-corrected chi connectivity index (χ3v) is 3.54. The van der Waals surface area contributed by atoms with Crippen molar-refractivity contribution in [2.45, 2.75) is 12.8 Å². The van der Waals surface area contributed by atoms with E-state index in [9.17, 15) is 13.6 Å². The van der Waals surface area contributed by atoms with Gasteiger partial charge in [-0.15, -0.1) is 0 Å². The van der Waals surface area contributed by atoms with Crippen LogP contribution in [0.4, 0.5) is 8.78 Å². The Hall–Kier alpha value is -1.53. The topological polar surface area (TPSA) is 44.4 Å². The van der Waals surface area contributed by atoms with Gasteiger partial charge in [-0.25, -0.2) is 8.78 Å². The van der Waals surface area contributed by atoms with Crippen molar-refractivity contribution in [3.05, 3.63) is 35.4 Å². The Kier molecular flexibility index (Phi) is 6.07. The summed E-state index contributed by atoms with van der Waals surface area (Å²) < 4.78 is 26.4. The summed E-state index contributed by atoms with van der Waals surface area (Å²) in [5, 5.41) is 6.03. The predicted molar refractivity (Wildman–Crippen MR) is 77.0 cm³/mol. The minimum Gasteiger partial charge on any atom is -0.356 e. The van der Waals surface area contributed by atoms with Crippen LogP contribution in [0, 0.1) is 11.6 Å². The normalized spacial score (nSPS) is 15.9. The lowest BCUT2D eigenvalue weighted by Gasteiger charge is -2.27. The van der Waals surface area contributed by atoms with Crippen LogP contribution < -0.4 is 10.6 Å². The van der Waals surface area contributed by atoms with E-state index in [0.29, 0.717) is 6.54 Å². The molecular weight excluding hydrogens is 276 g/mol. The highest BCUT2D eigenvalue weighted by Crippen LogP contribution is 2.10. The van der Waals surface area contributed by atoms with Crippen molar-refractivity contribution >= 4 is 5.91 Å². The highest BCUT2D eigenvalue weighted by molar-refractivity contribution is 5.78. The van der Waals surface area contributed by atoms with Gasteiger partial charge in [0.1, 0.15) is 11.6 Å². The van der Waals surface area contributed by atoms with Crippen molar-refractivity contribution in [3.63, 3.8) is 0 Å². The summed E-state index contributed by atoms with van der Waals surface area (Å²) in [5.41, 5.74) is 0.0922. The lowest BCUT2D eigenvalue weighted by molar-refractivity contribution is -0.120. The smallest absolute Gasteiger partial charge is 0.224 e. The van der Waals surface area contributed by atoms with Gasteiger partial charge < -0.3 is 15.5 Å². The van der Waals surface area contributed by atoms with E-state index in [1.807, 2.05) is 0 Å². The van der Waals surface area contributed by atoms with Crippen LogP contribution in [0.15, 0.2) is 18.2 Å². The van der Waals surface area contributed by atoms with Crippen LogP contribution in [0.2, 0.25) is 0 Å². The van der Waals surface area contributed by atoms with Crippen molar-refractivity contribution in [2.75, 3.05) is 39.3 Å². The van der Waals surface area contributed by atoms with Gasteiger partial charge in [-0.1, -0.05) is 0 Å². The SMILES string of the molecule is O=C(Cc1cc(F)ccc1F)NCCCN1CCNCC1. The molecule has 1 aliphatic heterocycles. The van der Waals surface area contributed by atoms with Gasteiger partial charge in [-0.3, -0.25) is 4.79 Å². The molecule has 0 unspecified atom stereocenters. The molecular formula is C15H21F2N3O. The van der Waals surface area contributed by atoms with Gasteiger partial charge in [-0.2, -0.15) is 0 Å². The van der Waals surface area contributed by atoms with Crippen LogP contribution in [-0.2, 0) is 11.2 Å². The molecule has 1 fully saturated rings. The molecule has 0 aliphatic carbocycles. The second-order valence-electron chi connectivity index (χ2n) is 5.21. The number of amides is 1. The number of rotatable bonds is 6. The van der Waals surface area contributed by atoms with E-state index in [-0.39, 0.29) is 17.9 Å². The minimum atomic E-state index is -0.549. The number of nitrogens with zero attached hydrogens (tertiary/aromatic N) is 1. The zero-order valence-electron chi connectivity index (χ0n) is 12.0. The third kappa shape index (κ3) is 5.40.